The molecule has 0 aromatic heterocycles. The summed E-state index contributed by atoms with van der Waals surface area (Å²) in [5.74, 6) is 1.71. The van der Waals surface area contributed by atoms with E-state index in [1.54, 1.807) is 0 Å². The Morgan fingerprint density at radius 2 is 2.12 bits per heavy atom. The minimum Gasteiger partial charge on any atom is -0.357 e. The number of benzene rings is 1. The molecule has 0 radical (unpaired) electrons. The SMILES string of the molecule is CC(C)CN=C1NC(c2ccccc2)CS1. The molecule has 1 heterocycles. The zero-order chi connectivity index (χ0) is 11.4. The topological polar surface area (TPSA) is 24.4 Å². The first kappa shape index (κ1) is 11.5. The maximum Gasteiger partial charge on any atom is 0.157 e. The Morgan fingerprint density at radius 1 is 1.38 bits per heavy atom. The van der Waals surface area contributed by atoms with Gasteiger partial charge in [0.1, 0.15) is 0 Å². The van der Waals surface area contributed by atoms with Crippen molar-refractivity contribution in [3.8, 4) is 0 Å². The number of rotatable bonds is 3. The second-order valence-electron chi connectivity index (χ2n) is 4.46. The third kappa shape index (κ3) is 3.01. The Morgan fingerprint density at radius 3 is 2.81 bits per heavy atom. The Bertz CT molecular complexity index is 359. The van der Waals surface area contributed by atoms with Crippen molar-refractivity contribution in [1.82, 2.24) is 5.32 Å². The van der Waals surface area contributed by atoms with Crippen molar-refractivity contribution >= 4 is 16.9 Å². The molecule has 0 saturated carbocycles. The van der Waals surface area contributed by atoms with E-state index in [-0.39, 0.29) is 0 Å². The highest BCUT2D eigenvalue weighted by molar-refractivity contribution is 8.14. The van der Waals surface area contributed by atoms with Crippen LogP contribution in [0.4, 0.5) is 0 Å². The lowest BCUT2D eigenvalue weighted by Crippen LogP contribution is -2.19. The summed E-state index contributed by atoms with van der Waals surface area (Å²) >= 11 is 1.83. The number of amidine groups is 1. The largest absolute Gasteiger partial charge is 0.357 e. The van der Waals surface area contributed by atoms with E-state index in [1.807, 2.05) is 11.8 Å². The molecule has 1 fully saturated rings. The molecular weight excluding hydrogens is 216 g/mol. The van der Waals surface area contributed by atoms with Crippen molar-refractivity contribution in [3.63, 3.8) is 0 Å². The van der Waals surface area contributed by atoms with Crippen molar-refractivity contribution in [2.45, 2.75) is 19.9 Å². The lowest BCUT2D eigenvalue weighted by Gasteiger charge is -2.09. The summed E-state index contributed by atoms with van der Waals surface area (Å²) in [4.78, 5) is 4.57. The van der Waals surface area contributed by atoms with Crippen LogP contribution in [0.1, 0.15) is 25.5 Å². The van der Waals surface area contributed by atoms with Crippen molar-refractivity contribution in [2.75, 3.05) is 12.3 Å². The van der Waals surface area contributed by atoms with Crippen molar-refractivity contribution in [1.29, 1.82) is 0 Å². The lowest BCUT2D eigenvalue weighted by atomic mass is 10.1. The van der Waals surface area contributed by atoms with Crippen LogP contribution in [0.3, 0.4) is 0 Å². The average Bonchev–Trinajstić information content (AvgIpc) is 2.76. The summed E-state index contributed by atoms with van der Waals surface area (Å²) in [7, 11) is 0. The van der Waals surface area contributed by atoms with Crippen molar-refractivity contribution in [2.24, 2.45) is 10.9 Å². The number of thioether (sulfide) groups is 1. The van der Waals surface area contributed by atoms with Gasteiger partial charge in [-0.15, -0.1) is 0 Å². The molecule has 1 saturated heterocycles. The number of nitrogens with one attached hydrogen (secondary N) is 1. The van der Waals surface area contributed by atoms with E-state index in [9.17, 15) is 0 Å². The molecule has 3 heteroatoms. The summed E-state index contributed by atoms with van der Waals surface area (Å²) in [5.41, 5.74) is 1.35. The first-order valence-electron chi connectivity index (χ1n) is 5.74. The van der Waals surface area contributed by atoms with Crippen LogP contribution in [0, 0.1) is 5.92 Å². The molecule has 16 heavy (non-hydrogen) atoms. The fraction of sp³-hybridized carbons (Fsp3) is 0.462. The van der Waals surface area contributed by atoms with E-state index in [0.29, 0.717) is 12.0 Å². The maximum atomic E-state index is 4.57. The first-order valence-corrected chi connectivity index (χ1v) is 6.73. The standard InChI is InChI=1S/C13H18N2S/c1-10(2)8-14-13-15-12(9-16-13)11-6-4-3-5-7-11/h3-7,10,12H,8-9H2,1-2H3,(H,14,15). The zero-order valence-corrected chi connectivity index (χ0v) is 10.6. The van der Waals surface area contributed by atoms with Gasteiger partial charge < -0.3 is 5.32 Å². The third-order valence-corrected chi connectivity index (χ3v) is 3.51. The highest BCUT2D eigenvalue weighted by Gasteiger charge is 2.21. The summed E-state index contributed by atoms with van der Waals surface area (Å²) in [6.45, 7) is 5.30. The Balaban J connectivity index is 1.96. The van der Waals surface area contributed by atoms with Crippen LogP contribution in [0.25, 0.3) is 0 Å². The molecule has 1 aromatic carbocycles. The molecule has 86 valence electrons. The summed E-state index contributed by atoms with van der Waals surface area (Å²) in [6.07, 6.45) is 0. The van der Waals surface area contributed by atoms with Gasteiger partial charge in [0, 0.05) is 12.3 Å². The minimum atomic E-state index is 0.428. The van der Waals surface area contributed by atoms with E-state index in [4.69, 9.17) is 0 Å². The molecule has 1 aliphatic heterocycles. The average molecular weight is 234 g/mol. The van der Waals surface area contributed by atoms with Gasteiger partial charge in [-0.05, 0) is 11.5 Å². The van der Waals surface area contributed by atoms with Crippen LogP contribution >= 0.6 is 11.8 Å². The number of aliphatic imine (C=N–C) groups is 1. The Kier molecular flexibility index (Phi) is 3.88. The fourth-order valence-electron chi connectivity index (χ4n) is 1.62. The maximum absolute atomic E-state index is 4.57. The van der Waals surface area contributed by atoms with E-state index >= 15 is 0 Å². The monoisotopic (exact) mass is 234 g/mol. The van der Waals surface area contributed by atoms with Gasteiger partial charge in [0.25, 0.3) is 0 Å². The van der Waals surface area contributed by atoms with Crippen molar-refractivity contribution < 1.29 is 0 Å². The van der Waals surface area contributed by atoms with E-state index in [2.05, 4.69) is 54.5 Å². The Labute approximate surface area is 102 Å². The van der Waals surface area contributed by atoms with Gasteiger partial charge in [0.05, 0.1) is 6.04 Å². The van der Waals surface area contributed by atoms with Crippen LogP contribution in [0.5, 0.6) is 0 Å². The second kappa shape index (κ2) is 5.39. The van der Waals surface area contributed by atoms with Gasteiger partial charge in [-0.2, -0.15) is 0 Å². The van der Waals surface area contributed by atoms with Gasteiger partial charge in [-0.25, -0.2) is 0 Å². The second-order valence-corrected chi connectivity index (χ2v) is 5.47. The van der Waals surface area contributed by atoms with Crippen LogP contribution < -0.4 is 5.32 Å². The van der Waals surface area contributed by atoms with E-state index < -0.39 is 0 Å². The molecule has 2 rings (SSSR count). The molecule has 1 N–H and O–H groups in total. The fourth-order valence-corrected chi connectivity index (χ4v) is 2.61. The summed E-state index contributed by atoms with van der Waals surface area (Å²) < 4.78 is 0. The Hall–Kier alpha value is -0.960. The quantitative estimate of drug-likeness (QED) is 0.869. The number of nitrogens with zero attached hydrogens (tertiary/aromatic N) is 1. The molecule has 0 spiro atoms. The van der Waals surface area contributed by atoms with Gasteiger partial charge >= 0.3 is 0 Å². The summed E-state index contributed by atoms with van der Waals surface area (Å²) in [5, 5.41) is 4.58. The van der Waals surface area contributed by atoms with E-state index in [0.717, 1.165) is 17.5 Å². The van der Waals surface area contributed by atoms with Gasteiger partial charge in [0.2, 0.25) is 0 Å². The normalized spacial score (nSPS) is 22.7. The molecule has 0 amide bonds. The molecule has 1 aliphatic rings. The summed E-state index contributed by atoms with van der Waals surface area (Å²) in [6, 6.07) is 11.0. The third-order valence-electron chi connectivity index (χ3n) is 2.49. The molecule has 2 nitrogen and oxygen atoms in total. The molecule has 1 unspecified atom stereocenters. The van der Waals surface area contributed by atoms with Crippen molar-refractivity contribution in [3.05, 3.63) is 35.9 Å². The predicted octanol–water partition coefficient (Wildman–Crippen LogP) is 3.08. The molecule has 1 atom stereocenters. The van der Waals surface area contributed by atoms with E-state index in [1.165, 1.54) is 5.56 Å². The smallest absolute Gasteiger partial charge is 0.157 e. The lowest BCUT2D eigenvalue weighted by molar-refractivity contribution is 0.661. The molecular formula is C13H18N2S. The van der Waals surface area contributed by atoms with Gasteiger partial charge in [0.15, 0.2) is 5.17 Å². The molecule has 1 aromatic rings. The van der Waals surface area contributed by atoms with Gasteiger partial charge in [-0.3, -0.25) is 4.99 Å². The minimum absolute atomic E-state index is 0.428. The van der Waals surface area contributed by atoms with Crippen LogP contribution in [-0.4, -0.2) is 17.5 Å². The number of hydrogen-bond acceptors (Lipinski definition) is 2. The van der Waals surface area contributed by atoms with Crippen LogP contribution in [0.2, 0.25) is 0 Å². The van der Waals surface area contributed by atoms with Crippen LogP contribution in [0.15, 0.2) is 35.3 Å². The zero-order valence-electron chi connectivity index (χ0n) is 9.81. The predicted molar refractivity (Wildman–Crippen MR) is 71.9 cm³/mol. The molecule has 0 bridgehead atoms. The highest BCUT2D eigenvalue weighted by Crippen LogP contribution is 2.25. The molecule has 0 aliphatic carbocycles. The highest BCUT2D eigenvalue weighted by atomic mass is 32.2. The van der Waals surface area contributed by atoms with Gasteiger partial charge in [-0.1, -0.05) is 55.9 Å². The number of hydrogen-bond donors (Lipinski definition) is 1. The van der Waals surface area contributed by atoms with Crippen LogP contribution in [-0.2, 0) is 0 Å². The first-order chi connectivity index (χ1) is 7.75.